The van der Waals surface area contributed by atoms with Crippen LogP contribution in [0.25, 0.3) is 0 Å². The zero-order chi connectivity index (χ0) is 14.0. The second-order valence-electron chi connectivity index (χ2n) is 3.70. The molecule has 0 N–H and O–H groups in total. The van der Waals surface area contributed by atoms with Gasteiger partial charge in [-0.3, -0.25) is 4.68 Å². The van der Waals surface area contributed by atoms with Gasteiger partial charge in [0.15, 0.2) is 0 Å². The lowest BCUT2D eigenvalue weighted by Gasteiger charge is -2.08. The van der Waals surface area contributed by atoms with E-state index >= 15 is 0 Å². The van der Waals surface area contributed by atoms with Crippen LogP contribution in [0, 0.1) is 0 Å². The van der Waals surface area contributed by atoms with Crippen LogP contribution in [0.3, 0.4) is 0 Å². The number of ether oxygens (including phenoxy) is 1. The predicted molar refractivity (Wildman–Crippen MR) is 72.5 cm³/mol. The number of rotatable bonds is 4. The maximum atomic E-state index is 11.5. The fourth-order valence-corrected chi connectivity index (χ4v) is 2.91. The normalized spacial score (nSPS) is 11.5. The second kappa shape index (κ2) is 5.48. The van der Waals surface area contributed by atoms with Crippen LogP contribution in [0.2, 0.25) is 0 Å². The Labute approximate surface area is 122 Å². The van der Waals surface area contributed by atoms with Gasteiger partial charge in [-0.1, -0.05) is 21.1 Å². The van der Waals surface area contributed by atoms with Crippen molar-refractivity contribution in [3.05, 3.63) is 34.6 Å². The molecule has 0 fully saturated rings. The minimum Gasteiger partial charge on any atom is -0.486 e. The first kappa shape index (κ1) is 14.3. The van der Waals surface area contributed by atoms with Crippen LogP contribution >= 0.6 is 26.6 Å². The van der Waals surface area contributed by atoms with Gasteiger partial charge >= 0.3 is 0 Å². The van der Waals surface area contributed by atoms with E-state index in [1.165, 1.54) is 16.8 Å². The Morgan fingerprint density at radius 1 is 1.47 bits per heavy atom. The maximum Gasteiger partial charge on any atom is 0.265 e. The SMILES string of the molecule is Cn1cc(COc2ccc(Br)cc2S(=O)(=O)Cl)nn1. The van der Waals surface area contributed by atoms with Crippen molar-refractivity contribution in [2.75, 3.05) is 0 Å². The van der Waals surface area contributed by atoms with E-state index < -0.39 is 9.05 Å². The molecule has 0 atom stereocenters. The summed E-state index contributed by atoms with van der Waals surface area (Å²) in [5, 5.41) is 7.59. The molecule has 0 aliphatic heterocycles. The minimum atomic E-state index is -3.88. The fourth-order valence-electron chi connectivity index (χ4n) is 1.40. The number of aromatic nitrogens is 3. The smallest absolute Gasteiger partial charge is 0.265 e. The number of halogens is 2. The molecule has 1 aromatic heterocycles. The summed E-state index contributed by atoms with van der Waals surface area (Å²) in [4.78, 5) is -0.0903. The molecule has 9 heteroatoms. The lowest BCUT2D eigenvalue weighted by Crippen LogP contribution is -2.01. The van der Waals surface area contributed by atoms with Crippen LogP contribution in [-0.2, 0) is 22.7 Å². The summed E-state index contributed by atoms with van der Waals surface area (Å²) in [6.07, 6.45) is 1.67. The van der Waals surface area contributed by atoms with Gasteiger partial charge in [0.05, 0.1) is 6.20 Å². The van der Waals surface area contributed by atoms with Gasteiger partial charge in [-0.25, -0.2) is 8.42 Å². The molecule has 0 radical (unpaired) electrons. The van der Waals surface area contributed by atoms with Gasteiger partial charge in [-0.15, -0.1) is 5.10 Å². The molecule has 6 nitrogen and oxygen atoms in total. The number of nitrogens with zero attached hydrogens (tertiary/aromatic N) is 3. The molecule has 0 saturated carbocycles. The van der Waals surface area contributed by atoms with Gasteiger partial charge in [-0.05, 0) is 18.2 Å². The highest BCUT2D eigenvalue weighted by Crippen LogP contribution is 2.30. The van der Waals surface area contributed by atoms with E-state index in [-0.39, 0.29) is 17.3 Å². The summed E-state index contributed by atoms with van der Waals surface area (Å²) in [6.45, 7) is 0.106. The minimum absolute atomic E-state index is 0.0903. The van der Waals surface area contributed by atoms with Gasteiger partial charge < -0.3 is 4.74 Å². The number of hydrogen-bond acceptors (Lipinski definition) is 5. The molecule has 0 aliphatic rings. The molecular formula is C10H9BrClN3O3S. The monoisotopic (exact) mass is 365 g/mol. The van der Waals surface area contributed by atoms with E-state index in [0.29, 0.717) is 10.2 Å². The summed E-state index contributed by atoms with van der Waals surface area (Å²) in [6, 6.07) is 4.57. The van der Waals surface area contributed by atoms with Crippen molar-refractivity contribution in [1.29, 1.82) is 0 Å². The van der Waals surface area contributed by atoms with Crippen LogP contribution in [0.1, 0.15) is 5.69 Å². The van der Waals surface area contributed by atoms with Gasteiger partial charge in [0.2, 0.25) is 0 Å². The number of hydrogen-bond donors (Lipinski definition) is 0. The second-order valence-corrected chi connectivity index (χ2v) is 7.15. The van der Waals surface area contributed by atoms with Crippen LogP contribution in [0.15, 0.2) is 33.8 Å². The molecule has 0 saturated heterocycles. The van der Waals surface area contributed by atoms with Crippen molar-refractivity contribution < 1.29 is 13.2 Å². The highest BCUT2D eigenvalue weighted by Gasteiger charge is 2.17. The Morgan fingerprint density at radius 3 is 2.79 bits per heavy atom. The maximum absolute atomic E-state index is 11.5. The quantitative estimate of drug-likeness (QED) is 0.775. The Balaban J connectivity index is 2.25. The number of aryl methyl sites for hydroxylation is 1. The molecule has 19 heavy (non-hydrogen) atoms. The highest BCUT2D eigenvalue weighted by atomic mass is 79.9. The van der Waals surface area contributed by atoms with Crippen molar-refractivity contribution in [3.63, 3.8) is 0 Å². The molecule has 1 heterocycles. The van der Waals surface area contributed by atoms with Crippen LogP contribution in [0.5, 0.6) is 5.75 Å². The van der Waals surface area contributed by atoms with Crippen molar-refractivity contribution in [2.24, 2.45) is 7.05 Å². The standard InChI is InChI=1S/C10H9BrClN3O3S/c1-15-5-8(13-14-15)6-18-9-3-2-7(11)4-10(9)19(12,16)17/h2-5H,6H2,1H3. The highest BCUT2D eigenvalue weighted by molar-refractivity contribution is 9.10. The molecule has 0 amide bonds. The first-order valence-electron chi connectivity index (χ1n) is 5.08. The van der Waals surface area contributed by atoms with Crippen molar-refractivity contribution in [2.45, 2.75) is 11.5 Å². The Hall–Kier alpha value is -1.12. The van der Waals surface area contributed by atoms with Gasteiger partial charge in [-0.2, -0.15) is 0 Å². The van der Waals surface area contributed by atoms with Gasteiger partial charge in [0, 0.05) is 22.2 Å². The van der Waals surface area contributed by atoms with Crippen molar-refractivity contribution >= 4 is 35.7 Å². The molecule has 0 aliphatic carbocycles. The summed E-state index contributed by atoms with van der Waals surface area (Å²) < 4.78 is 30.4. The van der Waals surface area contributed by atoms with Crippen molar-refractivity contribution in [3.8, 4) is 5.75 Å². The molecule has 0 unspecified atom stereocenters. The molecule has 0 spiro atoms. The third-order valence-electron chi connectivity index (χ3n) is 2.19. The zero-order valence-corrected chi connectivity index (χ0v) is 12.9. The third kappa shape index (κ3) is 3.68. The van der Waals surface area contributed by atoms with Crippen LogP contribution < -0.4 is 4.74 Å². The van der Waals surface area contributed by atoms with Gasteiger partial charge in [0.25, 0.3) is 9.05 Å². The Morgan fingerprint density at radius 2 is 2.21 bits per heavy atom. The van der Waals surface area contributed by atoms with Gasteiger partial charge in [0.1, 0.15) is 22.9 Å². The Kier molecular flexibility index (Phi) is 4.12. The van der Waals surface area contributed by atoms with E-state index in [4.69, 9.17) is 15.4 Å². The largest absolute Gasteiger partial charge is 0.486 e. The Bertz CT molecular complexity index is 702. The first-order valence-corrected chi connectivity index (χ1v) is 8.19. The van der Waals surface area contributed by atoms with E-state index in [9.17, 15) is 8.42 Å². The van der Waals surface area contributed by atoms with E-state index in [0.717, 1.165) is 0 Å². The van der Waals surface area contributed by atoms with Crippen LogP contribution in [-0.4, -0.2) is 23.4 Å². The summed E-state index contributed by atoms with van der Waals surface area (Å²) in [5.41, 5.74) is 0.586. The first-order chi connectivity index (χ1) is 8.86. The number of benzene rings is 1. The van der Waals surface area contributed by atoms with E-state index in [1.54, 1.807) is 19.3 Å². The lowest BCUT2D eigenvalue weighted by atomic mass is 10.3. The molecule has 1 aromatic carbocycles. The lowest BCUT2D eigenvalue weighted by molar-refractivity contribution is 0.293. The van der Waals surface area contributed by atoms with E-state index in [1.807, 2.05) is 0 Å². The molecule has 102 valence electrons. The van der Waals surface area contributed by atoms with E-state index in [2.05, 4.69) is 26.2 Å². The molecule has 2 aromatic rings. The average Bonchev–Trinajstić information content (AvgIpc) is 2.72. The van der Waals surface area contributed by atoms with Crippen LogP contribution in [0.4, 0.5) is 0 Å². The summed E-state index contributed by atoms with van der Waals surface area (Å²) >= 11 is 3.18. The molecular weight excluding hydrogens is 358 g/mol. The third-order valence-corrected chi connectivity index (χ3v) is 4.03. The summed E-state index contributed by atoms with van der Waals surface area (Å²) in [5.74, 6) is 0.170. The summed E-state index contributed by atoms with van der Waals surface area (Å²) in [7, 11) is 3.21. The van der Waals surface area contributed by atoms with Crippen molar-refractivity contribution in [1.82, 2.24) is 15.0 Å². The zero-order valence-electron chi connectivity index (χ0n) is 9.75. The predicted octanol–water partition coefficient (Wildman–Crippen LogP) is 2.08. The molecule has 0 bridgehead atoms. The molecule has 2 rings (SSSR count). The average molecular weight is 367 g/mol. The fraction of sp³-hybridized carbons (Fsp3) is 0.200. The topological polar surface area (TPSA) is 74.1 Å².